The lowest BCUT2D eigenvalue weighted by Gasteiger charge is -2.46. The minimum Gasteiger partial charge on any atom is -0.311 e. The number of rotatable bonds is 6. The molecule has 0 N–H and O–H groups in total. The lowest BCUT2D eigenvalue weighted by atomic mass is 9.33. The first-order valence-corrected chi connectivity index (χ1v) is 39.7. The van der Waals surface area contributed by atoms with Crippen LogP contribution in [-0.2, 0) is 32.5 Å². The molecule has 0 saturated carbocycles. The monoisotopic (exact) mass is 1420 g/mol. The number of nitrogens with zero attached hydrogens (tertiary/aromatic N) is 4. The van der Waals surface area contributed by atoms with E-state index in [0.29, 0.717) is 0 Å². The molecule has 5 heteroatoms. The van der Waals surface area contributed by atoms with Crippen molar-refractivity contribution in [3.8, 4) is 55.9 Å². The van der Waals surface area contributed by atoms with Crippen LogP contribution < -0.4 is 26.2 Å². The van der Waals surface area contributed by atoms with Crippen molar-refractivity contribution in [3.63, 3.8) is 0 Å². The van der Waals surface area contributed by atoms with Gasteiger partial charge in [-0.3, -0.25) is 0 Å². The number of hydrogen-bond acceptors (Lipinski definition) is 2. The van der Waals surface area contributed by atoms with Crippen LogP contribution >= 0.6 is 0 Å². The Morgan fingerprint density at radius 3 is 1.06 bits per heavy atom. The Morgan fingerprint density at radius 1 is 0.236 bits per heavy atom. The highest BCUT2D eigenvalue weighted by molar-refractivity contribution is 7.00. The van der Waals surface area contributed by atoms with Crippen LogP contribution in [0.2, 0.25) is 0 Å². The fourth-order valence-electron chi connectivity index (χ4n) is 19.4. The standard InChI is InChI=1S/C105H93BN4/c1-100(2,3)66-42-50-90(77(54-66)64-30-18-16-19-31-64)109-95-60-71(107-92-52-44-68(102(7,8)9)56-80(92)81-57-69(103(10,11)12)45-53-93(81)107)46-48-87(95)106-88-49-47-72(61-96(88)110(98-59-70(104(13,14)15)58-97(109)99(98)106)91-51-43-67(101(4,5)6)55-78(91)65-32-20-17-21-33-65)108-89-41-29-25-37-76(89)82-62-79-75-36-24-28-40-85(75)105(86(79)63-94(82)108)83-38-26-22-34-73(83)74-35-23-27-39-84(74)105/h16-63H,1-15H3. The average Bonchev–Trinajstić information content (AvgIpc) is 1.47. The van der Waals surface area contributed by atoms with Gasteiger partial charge in [0.25, 0.3) is 6.71 Å². The first-order chi connectivity index (χ1) is 52.7. The predicted molar refractivity (Wildman–Crippen MR) is 470 cm³/mol. The molecular weight excluding hydrogens is 1330 g/mol. The lowest BCUT2D eigenvalue weighted by Crippen LogP contribution is -2.61. The van der Waals surface area contributed by atoms with Crippen LogP contribution in [0.4, 0.5) is 34.1 Å². The Bertz CT molecular complexity index is 6440. The molecule has 0 fully saturated rings. The number of fused-ring (bicyclic) bond motifs is 20. The van der Waals surface area contributed by atoms with E-state index in [9.17, 15) is 0 Å². The molecule has 2 aromatic heterocycles. The molecule has 0 radical (unpaired) electrons. The predicted octanol–water partition coefficient (Wildman–Crippen LogP) is 26.1. The van der Waals surface area contributed by atoms with Gasteiger partial charge in [-0.05, 0) is 230 Å². The second-order valence-corrected chi connectivity index (χ2v) is 36.9. The normalized spacial score (nSPS) is 14.2. The molecule has 110 heavy (non-hydrogen) atoms. The summed E-state index contributed by atoms with van der Waals surface area (Å²) in [6.07, 6.45) is 0. The van der Waals surface area contributed by atoms with Crippen molar-refractivity contribution in [1.82, 2.24) is 9.13 Å². The van der Waals surface area contributed by atoms with Gasteiger partial charge in [-0.2, -0.15) is 0 Å². The number of benzene rings is 14. The van der Waals surface area contributed by atoms with Gasteiger partial charge in [0.1, 0.15) is 0 Å². The topological polar surface area (TPSA) is 16.3 Å². The van der Waals surface area contributed by atoms with Gasteiger partial charge in [0, 0.05) is 66.8 Å². The van der Waals surface area contributed by atoms with E-state index in [4.69, 9.17) is 0 Å². The number of aromatic nitrogens is 2. The third-order valence-corrected chi connectivity index (χ3v) is 25.1. The molecule has 2 aliphatic heterocycles. The maximum absolute atomic E-state index is 2.70. The van der Waals surface area contributed by atoms with Crippen molar-refractivity contribution < 1.29 is 0 Å². The molecule has 536 valence electrons. The summed E-state index contributed by atoms with van der Waals surface area (Å²) in [5, 5.41) is 5.02. The zero-order valence-electron chi connectivity index (χ0n) is 66.1. The van der Waals surface area contributed by atoms with Gasteiger partial charge in [0.15, 0.2) is 0 Å². The summed E-state index contributed by atoms with van der Waals surface area (Å²) in [4.78, 5) is 5.40. The first-order valence-electron chi connectivity index (χ1n) is 39.7. The summed E-state index contributed by atoms with van der Waals surface area (Å²) in [6, 6.07) is 114. The van der Waals surface area contributed by atoms with E-state index in [1.807, 2.05) is 0 Å². The van der Waals surface area contributed by atoms with Crippen molar-refractivity contribution in [3.05, 3.63) is 341 Å². The number of hydrogen-bond donors (Lipinski definition) is 0. The van der Waals surface area contributed by atoms with E-state index in [2.05, 4.69) is 414 Å². The van der Waals surface area contributed by atoms with Crippen molar-refractivity contribution in [2.75, 3.05) is 9.80 Å². The molecule has 4 nitrogen and oxygen atoms in total. The van der Waals surface area contributed by atoms with E-state index < -0.39 is 5.41 Å². The summed E-state index contributed by atoms with van der Waals surface area (Å²) < 4.78 is 5.17. The maximum Gasteiger partial charge on any atom is 0.252 e. The van der Waals surface area contributed by atoms with Gasteiger partial charge < -0.3 is 18.9 Å². The molecule has 1 spiro atoms. The van der Waals surface area contributed by atoms with Crippen LogP contribution in [0.3, 0.4) is 0 Å². The highest BCUT2D eigenvalue weighted by Crippen LogP contribution is 2.64. The SMILES string of the molecule is CC(C)(C)c1ccc(N2c3cc(-n4c5ccc(C(C)(C)C)cc5c5cc(C(C)(C)C)ccc54)ccc3B3c4ccc(-n5c6ccccc6c6cc7c(cc65)C5(c6ccccc6-c6ccccc65)c5ccccc5-7)cc4N(c4ccc(C(C)(C)C)cc4-c4ccccc4)c4cc(C(C)(C)C)cc2c43)c(-c2ccccc2)c1. The highest BCUT2D eigenvalue weighted by atomic mass is 15.2. The molecule has 4 aliphatic rings. The third-order valence-electron chi connectivity index (χ3n) is 25.1. The maximum atomic E-state index is 2.70. The lowest BCUT2D eigenvalue weighted by molar-refractivity contribution is 0.590. The van der Waals surface area contributed by atoms with Gasteiger partial charge in [-0.15, -0.1) is 0 Å². The Labute approximate surface area is 649 Å². The zero-order valence-corrected chi connectivity index (χ0v) is 66.1. The third kappa shape index (κ3) is 9.97. The summed E-state index contributed by atoms with van der Waals surface area (Å²) in [5.74, 6) is 0. The summed E-state index contributed by atoms with van der Waals surface area (Å²) >= 11 is 0. The van der Waals surface area contributed by atoms with Gasteiger partial charge in [-0.25, -0.2) is 0 Å². The van der Waals surface area contributed by atoms with Crippen LogP contribution in [0, 0.1) is 0 Å². The van der Waals surface area contributed by atoms with Gasteiger partial charge in [0.05, 0.1) is 38.9 Å². The summed E-state index contributed by atoms with van der Waals surface area (Å²) in [7, 11) is 0. The molecule has 20 rings (SSSR count). The van der Waals surface area contributed by atoms with Crippen LogP contribution in [0.5, 0.6) is 0 Å². The Hall–Kier alpha value is -11.7. The molecule has 14 aromatic carbocycles. The van der Waals surface area contributed by atoms with E-state index in [1.54, 1.807) is 0 Å². The Morgan fingerprint density at radius 2 is 0.609 bits per heavy atom. The van der Waals surface area contributed by atoms with Gasteiger partial charge in [0.2, 0.25) is 0 Å². The average molecular weight is 1420 g/mol. The van der Waals surface area contributed by atoms with Crippen LogP contribution in [-0.4, -0.2) is 15.8 Å². The van der Waals surface area contributed by atoms with E-state index in [1.165, 1.54) is 166 Å². The Kier molecular flexibility index (Phi) is 14.6. The van der Waals surface area contributed by atoms with Crippen LogP contribution in [0.1, 0.15) is 154 Å². The number of para-hydroxylation sites is 1. The molecule has 0 unspecified atom stereocenters. The van der Waals surface area contributed by atoms with Gasteiger partial charge in [-0.1, -0.05) is 292 Å². The second kappa shape index (κ2) is 23.7. The van der Waals surface area contributed by atoms with Gasteiger partial charge >= 0.3 is 0 Å². The van der Waals surface area contributed by atoms with Crippen molar-refractivity contribution >= 4 is 101 Å². The molecule has 0 bridgehead atoms. The van der Waals surface area contributed by atoms with Crippen LogP contribution in [0.25, 0.3) is 99.5 Å². The molecule has 0 amide bonds. The molecular formula is C105H93BN4. The molecule has 0 saturated heterocycles. The van der Waals surface area contributed by atoms with Crippen molar-refractivity contribution in [2.24, 2.45) is 0 Å². The summed E-state index contributed by atoms with van der Waals surface area (Å²) in [5.41, 5.74) is 38.4. The van der Waals surface area contributed by atoms with E-state index >= 15 is 0 Å². The van der Waals surface area contributed by atoms with Crippen molar-refractivity contribution in [2.45, 2.75) is 136 Å². The minimum absolute atomic E-state index is 0.0461. The van der Waals surface area contributed by atoms with Crippen molar-refractivity contribution in [1.29, 1.82) is 0 Å². The van der Waals surface area contributed by atoms with E-state index in [-0.39, 0.29) is 33.8 Å². The fraction of sp³-hybridized carbons (Fsp3) is 0.200. The van der Waals surface area contributed by atoms with Crippen LogP contribution in [0.15, 0.2) is 291 Å². The zero-order chi connectivity index (χ0) is 75.6. The quantitative estimate of drug-likeness (QED) is 0.154. The molecule has 4 heterocycles. The minimum atomic E-state index is -0.522. The number of anilines is 6. The highest BCUT2D eigenvalue weighted by Gasteiger charge is 2.52. The molecule has 0 atom stereocenters. The van der Waals surface area contributed by atoms with E-state index in [0.717, 1.165) is 34.1 Å². The second-order valence-electron chi connectivity index (χ2n) is 36.9. The Balaban J connectivity index is 0.907. The largest absolute Gasteiger partial charge is 0.311 e. The fourth-order valence-corrected chi connectivity index (χ4v) is 19.4. The molecule has 2 aliphatic carbocycles. The smallest absolute Gasteiger partial charge is 0.252 e. The first kappa shape index (κ1) is 67.7. The molecule has 16 aromatic rings. The summed E-state index contributed by atoms with van der Waals surface area (Å²) in [6.45, 7) is 35.1.